The Morgan fingerprint density at radius 1 is 1.53 bits per heavy atom. The molecule has 0 heterocycles. The minimum absolute atomic E-state index is 0.0130. The average molecular weight is 246 g/mol. The van der Waals surface area contributed by atoms with Gasteiger partial charge in [-0.3, -0.25) is 0 Å². The van der Waals surface area contributed by atoms with Crippen LogP contribution in [-0.4, -0.2) is 17.5 Å². The third-order valence-electron chi connectivity index (χ3n) is 2.04. The number of aliphatic hydroxyl groups excluding tert-OH is 1. The molecule has 0 saturated carbocycles. The minimum Gasteiger partial charge on any atom is -0.396 e. The van der Waals surface area contributed by atoms with Crippen LogP contribution >= 0.6 is 23.4 Å². The maximum Gasteiger partial charge on any atom is 0.0545 e. The Morgan fingerprint density at radius 3 is 2.80 bits per heavy atom. The number of rotatable bonds is 5. The number of thioether (sulfide) groups is 1. The lowest BCUT2D eigenvalue weighted by Gasteiger charge is -2.09. The topological polar surface area (TPSA) is 46.2 Å². The van der Waals surface area contributed by atoms with Crippen molar-refractivity contribution in [3.63, 3.8) is 0 Å². The van der Waals surface area contributed by atoms with Crippen LogP contribution in [0.2, 0.25) is 5.02 Å². The fourth-order valence-corrected chi connectivity index (χ4v) is 2.37. The summed E-state index contributed by atoms with van der Waals surface area (Å²) in [6, 6.07) is 5.91. The second-order valence-corrected chi connectivity index (χ2v) is 4.95. The van der Waals surface area contributed by atoms with Crippen molar-refractivity contribution >= 4 is 23.4 Å². The van der Waals surface area contributed by atoms with Crippen LogP contribution in [0.3, 0.4) is 0 Å². The van der Waals surface area contributed by atoms with Crippen molar-refractivity contribution in [1.29, 1.82) is 0 Å². The SMILES string of the molecule is C[C@@H](N)c1ccc(SCCCO)c(Cl)c1. The summed E-state index contributed by atoms with van der Waals surface area (Å²) in [6.45, 7) is 2.16. The number of benzene rings is 1. The van der Waals surface area contributed by atoms with Crippen molar-refractivity contribution in [3.05, 3.63) is 28.8 Å². The fourth-order valence-electron chi connectivity index (χ4n) is 1.16. The number of hydrogen-bond acceptors (Lipinski definition) is 3. The molecule has 3 N–H and O–H groups in total. The lowest BCUT2D eigenvalue weighted by Crippen LogP contribution is -2.04. The first-order chi connectivity index (χ1) is 7.15. The zero-order valence-corrected chi connectivity index (χ0v) is 10.3. The molecule has 84 valence electrons. The fraction of sp³-hybridized carbons (Fsp3) is 0.455. The van der Waals surface area contributed by atoms with E-state index in [9.17, 15) is 0 Å². The van der Waals surface area contributed by atoms with E-state index in [1.54, 1.807) is 11.8 Å². The van der Waals surface area contributed by atoms with E-state index in [-0.39, 0.29) is 12.6 Å². The number of hydrogen-bond donors (Lipinski definition) is 2. The van der Waals surface area contributed by atoms with Gasteiger partial charge in [0.2, 0.25) is 0 Å². The van der Waals surface area contributed by atoms with Crippen molar-refractivity contribution in [2.45, 2.75) is 24.3 Å². The molecule has 1 aromatic carbocycles. The first-order valence-corrected chi connectivity index (χ1v) is 6.30. The highest BCUT2D eigenvalue weighted by Crippen LogP contribution is 2.29. The monoisotopic (exact) mass is 245 g/mol. The maximum atomic E-state index is 8.67. The van der Waals surface area contributed by atoms with E-state index in [2.05, 4.69) is 0 Å². The minimum atomic E-state index is 0.0130. The Labute approximate surface area is 99.8 Å². The molecule has 1 atom stereocenters. The van der Waals surface area contributed by atoms with Gasteiger partial charge in [0.25, 0.3) is 0 Å². The second kappa shape index (κ2) is 6.38. The lowest BCUT2D eigenvalue weighted by molar-refractivity contribution is 0.296. The van der Waals surface area contributed by atoms with E-state index >= 15 is 0 Å². The largest absolute Gasteiger partial charge is 0.396 e. The molecule has 0 aromatic heterocycles. The van der Waals surface area contributed by atoms with Crippen LogP contribution in [-0.2, 0) is 0 Å². The van der Waals surface area contributed by atoms with Gasteiger partial charge in [-0.25, -0.2) is 0 Å². The molecule has 0 aliphatic carbocycles. The first kappa shape index (κ1) is 12.8. The van der Waals surface area contributed by atoms with Gasteiger partial charge >= 0.3 is 0 Å². The van der Waals surface area contributed by atoms with Crippen LogP contribution in [0.1, 0.15) is 24.9 Å². The Morgan fingerprint density at radius 2 is 2.27 bits per heavy atom. The van der Waals surface area contributed by atoms with Crippen LogP contribution in [0.4, 0.5) is 0 Å². The smallest absolute Gasteiger partial charge is 0.0545 e. The van der Waals surface area contributed by atoms with E-state index in [1.165, 1.54) is 0 Å². The maximum absolute atomic E-state index is 8.67. The van der Waals surface area contributed by atoms with Crippen molar-refractivity contribution < 1.29 is 5.11 Å². The molecular formula is C11H16ClNOS. The summed E-state index contributed by atoms with van der Waals surface area (Å²) >= 11 is 7.77. The molecule has 4 heteroatoms. The van der Waals surface area contributed by atoms with Gasteiger partial charge < -0.3 is 10.8 Å². The quantitative estimate of drug-likeness (QED) is 0.620. The normalized spacial score (nSPS) is 12.8. The highest BCUT2D eigenvalue weighted by molar-refractivity contribution is 7.99. The molecule has 0 amide bonds. The molecular weight excluding hydrogens is 230 g/mol. The highest BCUT2D eigenvalue weighted by atomic mass is 35.5. The predicted molar refractivity (Wildman–Crippen MR) is 66.5 cm³/mol. The molecule has 0 aliphatic heterocycles. The van der Waals surface area contributed by atoms with Gasteiger partial charge in [-0.1, -0.05) is 17.7 Å². The summed E-state index contributed by atoms with van der Waals surface area (Å²) < 4.78 is 0. The first-order valence-electron chi connectivity index (χ1n) is 4.94. The Balaban J connectivity index is 2.66. The van der Waals surface area contributed by atoms with Gasteiger partial charge in [0, 0.05) is 23.3 Å². The Kier molecular flexibility index (Phi) is 5.47. The summed E-state index contributed by atoms with van der Waals surface area (Å²) in [5, 5.41) is 9.41. The van der Waals surface area contributed by atoms with Crippen LogP contribution in [0.15, 0.2) is 23.1 Å². The standard InChI is InChI=1S/C11H16ClNOS/c1-8(13)9-3-4-11(10(12)7-9)15-6-2-5-14/h3-4,7-8,14H,2,5-6,13H2,1H3/t8-/m1/s1. The van der Waals surface area contributed by atoms with Crippen molar-refractivity contribution in [3.8, 4) is 0 Å². The molecule has 0 spiro atoms. The summed E-state index contributed by atoms with van der Waals surface area (Å²) in [7, 11) is 0. The number of halogens is 1. The third kappa shape index (κ3) is 4.03. The van der Waals surface area contributed by atoms with Gasteiger partial charge in [-0.2, -0.15) is 0 Å². The molecule has 1 rings (SSSR count). The molecule has 0 unspecified atom stereocenters. The van der Waals surface area contributed by atoms with Gasteiger partial charge in [0.1, 0.15) is 0 Å². The van der Waals surface area contributed by atoms with Gasteiger partial charge in [0.05, 0.1) is 5.02 Å². The number of aliphatic hydroxyl groups is 1. The summed E-state index contributed by atoms with van der Waals surface area (Å²) in [5.74, 6) is 0.883. The van der Waals surface area contributed by atoms with Crippen LogP contribution in [0, 0.1) is 0 Å². The van der Waals surface area contributed by atoms with Gasteiger partial charge in [-0.05, 0) is 31.0 Å². The van der Waals surface area contributed by atoms with Crippen molar-refractivity contribution in [2.24, 2.45) is 5.73 Å². The van der Waals surface area contributed by atoms with Gasteiger partial charge in [-0.15, -0.1) is 11.8 Å². The van der Waals surface area contributed by atoms with E-state index < -0.39 is 0 Å². The molecule has 15 heavy (non-hydrogen) atoms. The van der Waals surface area contributed by atoms with Crippen molar-refractivity contribution in [2.75, 3.05) is 12.4 Å². The molecule has 0 bridgehead atoms. The zero-order valence-electron chi connectivity index (χ0n) is 8.74. The molecule has 2 nitrogen and oxygen atoms in total. The third-order valence-corrected chi connectivity index (χ3v) is 3.63. The van der Waals surface area contributed by atoms with Crippen LogP contribution in [0.25, 0.3) is 0 Å². The summed E-state index contributed by atoms with van der Waals surface area (Å²) in [6.07, 6.45) is 0.788. The Bertz CT molecular complexity index is 317. The highest BCUT2D eigenvalue weighted by Gasteiger charge is 2.04. The number of nitrogens with two attached hydrogens (primary N) is 1. The van der Waals surface area contributed by atoms with E-state index in [1.807, 2.05) is 25.1 Å². The van der Waals surface area contributed by atoms with E-state index in [0.29, 0.717) is 0 Å². The second-order valence-electron chi connectivity index (χ2n) is 3.40. The van der Waals surface area contributed by atoms with Gasteiger partial charge in [0.15, 0.2) is 0 Å². The average Bonchev–Trinajstić information content (AvgIpc) is 2.20. The van der Waals surface area contributed by atoms with E-state index in [4.69, 9.17) is 22.4 Å². The summed E-state index contributed by atoms with van der Waals surface area (Å²) in [5.41, 5.74) is 6.80. The predicted octanol–water partition coefficient (Wildman–Crippen LogP) is 2.83. The Hall–Kier alpha value is -0.220. The summed E-state index contributed by atoms with van der Waals surface area (Å²) in [4.78, 5) is 1.05. The molecule has 0 fully saturated rings. The van der Waals surface area contributed by atoms with E-state index in [0.717, 1.165) is 27.7 Å². The molecule has 0 aliphatic rings. The molecule has 0 saturated heterocycles. The van der Waals surface area contributed by atoms with Crippen LogP contribution in [0.5, 0.6) is 0 Å². The zero-order chi connectivity index (χ0) is 11.3. The molecule has 0 radical (unpaired) electrons. The van der Waals surface area contributed by atoms with Crippen LogP contribution < -0.4 is 5.73 Å². The lowest BCUT2D eigenvalue weighted by atomic mass is 10.1. The van der Waals surface area contributed by atoms with Crippen molar-refractivity contribution in [1.82, 2.24) is 0 Å². The molecule has 1 aromatic rings.